The highest BCUT2D eigenvalue weighted by Crippen LogP contribution is 2.21. The SMILES string of the molecule is CCNC(=O)Nc1nc2ncc(-c3ccncc3)cc2[nH]1. The van der Waals surface area contributed by atoms with E-state index in [0.717, 1.165) is 16.6 Å². The molecule has 7 nitrogen and oxygen atoms in total. The molecule has 3 N–H and O–H groups in total. The van der Waals surface area contributed by atoms with E-state index in [-0.39, 0.29) is 6.03 Å². The van der Waals surface area contributed by atoms with Crippen molar-refractivity contribution in [3.05, 3.63) is 36.8 Å². The van der Waals surface area contributed by atoms with Gasteiger partial charge in [-0.2, -0.15) is 4.98 Å². The summed E-state index contributed by atoms with van der Waals surface area (Å²) in [6.07, 6.45) is 5.21. The number of imidazole rings is 1. The number of aromatic amines is 1. The summed E-state index contributed by atoms with van der Waals surface area (Å²) in [5.41, 5.74) is 3.29. The van der Waals surface area contributed by atoms with Crippen molar-refractivity contribution in [2.75, 3.05) is 11.9 Å². The van der Waals surface area contributed by atoms with Crippen molar-refractivity contribution in [1.29, 1.82) is 0 Å². The molecule has 3 aromatic rings. The predicted molar refractivity (Wildman–Crippen MR) is 79.8 cm³/mol. The summed E-state index contributed by atoms with van der Waals surface area (Å²) < 4.78 is 0. The van der Waals surface area contributed by atoms with Gasteiger partial charge in [0.2, 0.25) is 5.95 Å². The summed E-state index contributed by atoms with van der Waals surface area (Å²) in [4.78, 5) is 27.0. The number of aromatic nitrogens is 4. The Bertz CT molecular complexity index is 767. The highest BCUT2D eigenvalue weighted by Gasteiger charge is 2.08. The molecule has 0 spiro atoms. The largest absolute Gasteiger partial charge is 0.338 e. The zero-order chi connectivity index (χ0) is 14.7. The maximum atomic E-state index is 11.5. The van der Waals surface area contributed by atoms with Crippen molar-refractivity contribution >= 4 is 23.1 Å². The second kappa shape index (κ2) is 5.58. The third kappa shape index (κ3) is 2.81. The van der Waals surface area contributed by atoms with Crippen LogP contribution in [0.5, 0.6) is 0 Å². The van der Waals surface area contributed by atoms with Crippen molar-refractivity contribution in [3.8, 4) is 11.1 Å². The first kappa shape index (κ1) is 13.0. The fourth-order valence-corrected chi connectivity index (χ4v) is 1.97. The number of H-pyrrole nitrogens is 1. The van der Waals surface area contributed by atoms with Crippen LogP contribution in [0.2, 0.25) is 0 Å². The van der Waals surface area contributed by atoms with Crippen molar-refractivity contribution in [3.63, 3.8) is 0 Å². The molecule has 3 rings (SSSR count). The Morgan fingerprint density at radius 3 is 2.86 bits per heavy atom. The van der Waals surface area contributed by atoms with Gasteiger partial charge in [0.25, 0.3) is 0 Å². The number of nitrogens with zero attached hydrogens (tertiary/aromatic N) is 3. The number of fused-ring (bicyclic) bond motifs is 1. The average molecular weight is 282 g/mol. The van der Waals surface area contributed by atoms with E-state index in [9.17, 15) is 4.79 Å². The molecule has 21 heavy (non-hydrogen) atoms. The normalized spacial score (nSPS) is 10.5. The Hall–Kier alpha value is -2.96. The molecule has 0 aliphatic rings. The summed E-state index contributed by atoms with van der Waals surface area (Å²) in [7, 11) is 0. The van der Waals surface area contributed by atoms with Crippen molar-refractivity contribution in [1.82, 2.24) is 25.3 Å². The van der Waals surface area contributed by atoms with Gasteiger partial charge >= 0.3 is 6.03 Å². The van der Waals surface area contributed by atoms with Crippen molar-refractivity contribution in [2.45, 2.75) is 6.92 Å². The second-order valence-corrected chi connectivity index (χ2v) is 4.40. The number of carbonyl (C=O) groups is 1. The van der Waals surface area contributed by atoms with Gasteiger partial charge in [-0.05, 0) is 30.7 Å². The van der Waals surface area contributed by atoms with Crippen LogP contribution in [0.4, 0.5) is 10.7 Å². The number of amides is 2. The van der Waals surface area contributed by atoms with Crippen LogP contribution in [-0.4, -0.2) is 32.5 Å². The molecule has 0 fully saturated rings. The Kier molecular flexibility index (Phi) is 3.46. The van der Waals surface area contributed by atoms with Gasteiger partial charge in [-0.25, -0.2) is 9.78 Å². The number of anilines is 1. The number of hydrogen-bond acceptors (Lipinski definition) is 4. The summed E-state index contributed by atoms with van der Waals surface area (Å²) in [6.45, 7) is 2.40. The van der Waals surface area contributed by atoms with Gasteiger partial charge in [0.15, 0.2) is 5.65 Å². The molecule has 0 bridgehead atoms. The van der Waals surface area contributed by atoms with E-state index < -0.39 is 0 Å². The van der Waals surface area contributed by atoms with Gasteiger partial charge in [-0.1, -0.05) is 0 Å². The van der Waals surface area contributed by atoms with Crippen LogP contribution in [0, 0.1) is 0 Å². The molecule has 0 saturated heterocycles. The summed E-state index contributed by atoms with van der Waals surface area (Å²) in [6, 6.07) is 5.46. The first-order valence-corrected chi connectivity index (χ1v) is 6.57. The minimum absolute atomic E-state index is 0.300. The number of carbonyl (C=O) groups excluding carboxylic acids is 1. The monoisotopic (exact) mass is 282 g/mol. The van der Waals surface area contributed by atoms with Crippen LogP contribution in [0.25, 0.3) is 22.3 Å². The molecular weight excluding hydrogens is 268 g/mol. The van der Waals surface area contributed by atoms with E-state index in [0.29, 0.717) is 18.1 Å². The van der Waals surface area contributed by atoms with Crippen molar-refractivity contribution in [2.24, 2.45) is 0 Å². The van der Waals surface area contributed by atoms with E-state index >= 15 is 0 Å². The Morgan fingerprint density at radius 2 is 2.10 bits per heavy atom. The quantitative estimate of drug-likeness (QED) is 0.686. The number of hydrogen-bond donors (Lipinski definition) is 3. The maximum absolute atomic E-state index is 11.5. The van der Waals surface area contributed by atoms with E-state index in [1.807, 2.05) is 25.1 Å². The van der Waals surface area contributed by atoms with Crippen LogP contribution in [0.3, 0.4) is 0 Å². The number of nitrogens with one attached hydrogen (secondary N) is 3. The lowest BCUT2D eigenvalue weighted by atomic mass is 10.1. The molecule has 0 aromatic carbocycles. The highest BCUT2D eigenvalue weighted by atomic mass is 16.2. The van der Waals surface area contributed by atoms with Gasteiger partial charge in [0.1, 0.15) is 0 Å². The highest BCUT2D eigenvalue weighted by molar-refractivity contribution is 5.89. The smallest absolute Gasteiger partial charge is 0.321 e. The molecular formula is C14H14N6O. The molecule has 106 valence electrons. The zero-order valence-corrected chi connectivity index (χ0v) is 11.4. The summed E-state index contributed by atoms with van der Waals surface area (Å²) >= 11 is 0. The Balaban J connectivity index is 1.90. The summed E-state index contributed by atoms with van der Waals surface area (Å²) in [5, 5.41) is 5.26. The molecule has 0 atom stereocenters. The van der Waals surface area contributed by atoms with Gasteiger partial charge in [0, 0.05) is 30.7 Å². The van der Waals surface area contributed by atoms with E-state index in [1.165, 1.54) is 0 Å². The number of pyridine rings is 2. The van der Waals surface area contributed by atoms with Crippen LogP contribution in [0.1, 0.15) is 6.92 Å². The average Bonchev–Trinajstić information content (AvgIpc) is 2.89. The molecule has 0 unspecified atom stereocenters. The summed E-state index contributed by atoms with van der Waals surface area (Å²) in [5.74, 6) is 0.371. The van der Waals surface area contributed by atoms with Gasteiger partial charge in [-0.3, -0.25) is 10.3 Å². The fraction of sp³-hybridized carbons (Fsp3) is 0.143. The first-order valence-electron chi connectivity index (χ1n) is 6.57. The Morgan fingerprint density at radius 1 is 1.29 bits per heavy atom. The van der Waals surface area contributed by atoms with E-state index in [4.69, 9.17) is 0 Å². The van der Waals surface area contributed by atoms with Crippen LogP contribution < -0.4 is 10.6 Å². The van der Waals surface area contributed by atoms with E-state index in [2.05, 4.69) is 30.6 Å². The molecule has 3 aromatic heterocycles. The van der Waals surface area contributed by atoms with Gasteiger partial charge in [0.05, 0.1) is 5.52 Å². The lowest BCUT2D eigenvalue weighted by Gasteiger charge is -2.00. The van der Waals surface area contributed by atoms with Gasteiger partial charge in [-0.15, -0.1) is 0 Å². The fourth-order valence-electron chi connectivity index (χ4n) is 1.97. The topological polar surface area (TPSA) is 95.6 Å². The predicted octanol–water partition coefficient (Wildman–Crippen LogP) is 2.16. The van der Waals surface area contributed by atoms with Crippen LogP contribution >= 0.6 is 0 Å². The Labute approximate surface area is 120 Å². The third-order valence-electron chi connectivity index (χ3n) is 2.92. The molecule has 0 aliphatic carbocycles. The third-order valence-corrected chi connectivity index (χ3v) is 2.92. The van der Waals surface area contributed by atoms with Crippen LogP contribution in [-0.2, 0) is 0 Å². The number of rotatable bonds is 3. The standard InChI is InChI=1S/C14H14N6O/c1-2-16-14(21)20-13-18-11-7-10(8-17-12(11)19-13)9-3-5-15-6-4-9/h3-8H,2H2,1H3,(H3,16,17,18,19,20,21). The molecule has 0 aliphatic heterocycles. The van der Waals surface area contributed by atoms with Gasteiger partial charge < -0.3 is 10.3 Å². The van der Waals surface area contributed by atoms with Crippen molar-refractivity contribution < 1.29 is 4.79 Å². The molecule has 0 saturated carbocycles. The zero-order valence-electron chi connectivity index (χ0n) is 11.4. The molecule has 3 heterocycles. The number of urea groups is 1. The molecule has 7 heteroatoms. The lowest BCUT2D eigenvalue weighted by Crippen LogP contribution is -2.28. The molecule has 2 amide bonds. The minimum Gasteiger partial charge on any atom is -0.338 e. The maximum Gasteiger partial charge on any atom is 0.321 e. The van der Waals surface area contributed by atoms with Crippen LogP contribution in [0.15, 0.2) is 36.8 Å². The second-order valence-electron chi connectivity index (χ2n) is 4.40. The minimum atomic E-state index is -0.300. The molecule has 0 radical (unpaired) electrons. The van der Waals surface area contributed by atoms with E-state index in [1.54, 1.807) is 18.6 Å². The lowest BCUT2D eigenvalue weighted by molar-refractivity contribution is 0.252. The first-order chi connectivity index (χ1) is 10.3.